The van der Waals surface area contributed by atoms with Crippen LogP contribution in [0.4, 0.5) is 0 Å². The van der Waals surface area contributed by atoms with E-state index in [1.165, 1.54) is 57.8 Å². The topological polar surface area (TPSA) is 21.6 Å². The Labute approximate surface area is 132 Å². The molecule has 2 nitrogen and oxygen atoms in total. The predicted octanol–water partition coefficient (Wildman–Crippen LogP) is 4.62. The lowest BCUT2D eigenvalue weighted by molar-refractivity contribution is 0.00301. The first-order valence-corrected chi connectivity index (χ1v) is 8.37. The van der Waals surface area contributed by atoms with E-state index >= 15 is 0 Å². The predicted molar refractivity (Wildman–Crippen MR) is 89.0 cm³/mol. The van der Waals surface area contributed by atoms with Gasteiger partial charge in [-0.15, -0.1) is 24.0 Å². The largest absolute Gasteiger partial charge is 0.469 e. The van der Waals surface area contributed by atoms with Crippen molar-refractivity contribution in [1.29, 1.82) is 0 Å². The number of ether oxygens (including phenoxy) is 1. The fraction of sp³-hybridized carbons (Fsp3) is 0.929. The molecule has 1 aliphatic heterocycles. The molecule has 0 radical (unpaired) electrons. The van der Waals surface area contributed by atoms with E-state index in [4.69, 9.17) is 9.73 Å². The summed E-state index contributed by atoms with van der Waals surface area (Å²) in [5.74, 6) is 0.715. The van der Waals surface area contributed by atoms with Gasteiger partial charge >= 0.3 is 0 Å². The highest BCUT2D eigenvalue weighted by atomic mass is 127. The van der Waals surface area contributed by atoms with Crippen LogP contribution >= 0.6 is 35.7 Å². The Morgan fingerprint density at radius 1 is 1.11 bits per heavy atom. The standard InChI is InChI=1S/C14H23NOS.HI/c1-17-13-15-14(9-5-2-6-10-14)11-7-3-4-8-12(11)16-13;/h11-12H,2-10H2,1H3;1H. The molecule has 3 rings (SSSR count). The van der Waals surface area contributed by atoms with Gasteiger partial charge in [-0.05, 0) is 38.4 Å². The van der Waals surface area contributed by atoms with Crippen molar-refractivity contribution in [3.8, 4) is 0 Å². The molecule has 0 N–H and O–H groups in total. The zero-order valence-corrected chi connectivity index (χ0v) is 14.3. The van der Waals surface area contributed by atoms with Crippen molar-refractivity contribution in [3.05, 3.63) is 0 Å². The van der Waals surface area contributed by atoms with Crippen molar-refractivity contribution < 1.29 is 4.74 Å². The first kappa shape index (κ1) is 14.9. The Morgan fingerprint density at radius 3 is 2.56 bits per heavy atom. The van der Waals surface area contributed by atoms with Crippen LogP contribution < -0.4 is 0 Å². The van der Waals surface area contributed by atoms with E-state index in [2.05, 4.69) is 6.26 Å². The van der Waals surface area contributed by atoms with Crippen LogP contribution in [0.15, 0.2) is 4.99 Å². The van der Waals surface area contributed by atoms with Gasteiger partial charge in [0.15, 0.2) is 0 Å². The Kier molecular flexibility index (Phi) is 5.26. The maximum Gasteiger partial charge on any atom is 0.246 e. The highest BCUT2D eigenvalue weighted by Crippen LogP contribution is 2.48. The Balaban J connectivity index is 0.00000120. The van der Waals surface area contributed by atoms with E-state index in [1.54, 1.807) is 11.8 Å². The molecule has 0 aromatic carbocycles. The molecule has 0 saturated heterocycles. The summed E-state index contributed by atoms with van der Waals surface area (Å²) < 4.78 is 6.08. The molecular formula is C14H24INOS. The fourth-order valence-corrected chi connectivity index (χ4v) is 4.51. The average molecular weight is 381 g/mol. The van der Waals surface area contributed by atoms with Gasteiger partial charge in [-0.2, -0.15) is 0 Å². The van der Waals surface area contributed by atoms with Gasteiger partial charge < -0.3 is 4.74 Å². The Morgan fingerprint density at radius 2 is 1.83 bits per heavy atom. The van der Waals surface area contributed by atoms with Crippen LogP contribution in [0.1, 0.15) is 57.8 Å². The number of hydrogen-bond donors (Lipinski definition) is 0. The number of aliphatic imine (C=N–C) groups is 1. The van der Waals surface area contributed by atoms with Crippen molar-refractivity contribution in [3.63, 3.8) is 0 Å². The van der Waals surface area contributed by atoms with Crippen LogP contribution in [0.25, 0.3) is 0 Å². The SMILES string of the molecule is CSC1=NC2(CCCCC2)C2CCCCC2O1.I. The lowest BCUT2D eigenvalue weighted by Gasteiger charge is -2.49. The summed E-state index contributed by atoms with van der Waals surface area (Å²) in [4.78, 5) is 5.03. The molecule has 1 spiro atoms. The van der Waals surface area contributed by atoms with Gasteiger partial charge in [-0.1, -0.05) is 37.4 Å². The first-order valence-electron chi connectivity index (χ1n) is 7.15. The number of halogens is 1. The Hall–Kier alpha value is 0.550. The molecule has 4 heteroatoms. The highest BCUT2D eigenvalue weighted by Gasteiger charge is 2.48. The summed E-state index contributed by atoms with van der Waals surface area (Å²) in [5, 5.41) is 0.968. The fourth-order valence-electron chi connectivity index (χ4n) is 4.01. The molecule has 18 heavy (non-hydrogen) atoms. The molecule has 0 bridgehead atoms. The summed E-state index contributed by atoms with van der Waals surface area (Å²) in [5.41, 5.74) is 0.264. The van der Waals surface area contributed by atoms with Crippen molar-refractivity contribution in [1.82, 2.24) is 0 Å². The minimum absolute atomic E-state index is 0. The molecule has 2 aliphatic carbocycles. The number of thioether (sulfide) groups is 1. The van der Waals surface area contributed by atoms with Crippen LogP contribution in [0.5, 0.6) is 0 Å². The van der Waals surface area contributed by atoms with Crippen molar-refractivity contribution >= 4 is 41.0 Å². The van der Waals surface area contributed by atoms with Gasteiger partial charge in [0.25, 0.3) is 0 Å². The summed E-state index contributed by atoms with van der Waals surface area (Å²) in [7, 11) is 0. The van der Waals surface area contributed by atoms with Crippen LogP contribution in [0.2, 0.25) is 0 Å². The minimum atomic E-state index is 0. The third-order valence-corrected chi connectivity index (χ3v) is 5.39. The number of hydrogen-bond acceptors (Lipinski definition) is 3. The maximum absolute atomic E-state index is 6.08. The van der Waals surface area contributed by atoms with Gasteiger partial charge in [-0.3, -0.25) is 0 Å². The maximum atomic E-state index is 6.08. The van der Waals surface area contributed by atoms with Gasteiger partial charge in [0.05, 0.1) is 5.54 Å². The normalized spacial score (nSPS) is 33.9. The highest BCUT2D eigenvalue weighted by molar-refractivity contribution is 14.0. The first-order chi connectivity index (χ1) is 8.34. The lowest BCUT2D eigenvalue weighted by Crippen LogP contribution is -2.50. The molecule has 0 aromatic rings. The number of nitrogens with zero attached hydrogens (tertiary/aromatic N) is 1. The number of rotatable bonds is 0. The second-order valence-electron chi connectivity index (χ2n) is 5.79. The van der Waals surface area contributed by atoms with Gasteiger partial charge in [0.2, 0.25) is 5.23 Å². The van der Waals surface area contributed by atoms with Crippen molar-refractivity contribution in [2.24, 2.45) is 10.9 Å². The molecule has 2 atom stereocenters. The molecule has 2 saturated carbocycles. The molecule has 0 aromatic heterocycles. The quantitative estimate of drug-likeness (QED) is 0.572. The van der Waals surface area contributed by atoms with Crippen LogP contribution in [-0.2, 0) is 4.74 Å². The summed E-state index contributed by atoms with van der Waals surface area (Å²) >= 11 is 1.70. The molecule has 0 amide bonds. The summed E-state index contributed by atoms with van der Waals surface area (Å²) in [6, 6.07) is 0. The monoisotopic (exact) mass is 381 g/mol. The zero-order valence-electron chi connectivity index (χ0n) is 11.2. The van der Waals surface area contributed by atoms with Crippen molar-refractivity contribution in [2.75, 3.05) is 6.26 Å². The van der Waals surface area contributed by atoms with Crippen LogP contribution in [-0.4, -0.2) is 23.1 Å². The molecule has 104 valence electrons. The van der Waals surface area contributed by atoms with E-state index in [1.807, 2.05) is 0 Å². The van der Waals surface area contributed by atoms with Gasteiger partial charge in [-0.25, -0.2) is 4.99 Å². The second-order valence-corrected chi connectivity index (χ2v) is 6.55. The van der Waals surface area contributed by atoms with E-state index in [0.29, 0.717) is 12.0 Å². The zero-order chi connectivity index (χ0) is 11.7. The number of fused-ring (bicyclic) bond motifs is 2. The summed E-state index contributed by atoms with van der Waals surface area (Å²) in [6.07, 6.45) is 14.7. The average Bonchev–Trinajstić information content (AvgIpc) is 2.40. The van der Waals surface area contributed by atoms with Gasteiger partial charge in [0.1, 0.15) is 6.10 Å². The smallest absolute Gasteiger partial charge is 0.246 e. The van der Waals surface area contributed by atoms with Crippen LogP contribution in [0.3, 0.4) is 0 Å². The molecule has 2 unspecified atom stereocenters. The second kappa shape index (κ2) is 6.33. The van der Waals surface area contributed by atoms with Crippen molar-refractivity contribution in [2.45, 2.75) is 69.4 Å². The third-order valence-electron chi connectivity index (χ3n) is 4.85. The van der Waals surface area contributed by atoms with Gasteiger partial charge in [0, 0.05) is 5.92 Å². The molecule has 3 aliphatic rings. The van der Waals surface area contributed by atoms with E-state index in [0.717, 1.165) is 5.23 Å². The molecular weight excluding hydrogens is 357 g/mol. The van der Waals surface area contributed by atoms with E-state index in [9.17, 15) is 0 Å². The van der Waals surface area contributed by atoms with Crippen LogP contribution in [0, 0.1) is 5.92 Å². The molecule has 1 heterocycles. The van der Waals surface area contributed by atoms with E-state index in [-0.39, 0.29) is 29.5 Å². The minimum Gasteiger partial charge on any atom is -0.469 e. The summed E-state index contributed by atoms with van der Waals surface area (Å²) in [6.45, 7) is 0. The Bertz CT molecular complexity index is 315. The lowest BCUT2D eigenvalue weighted by atomic mass is 9.66. The van der Waals surface area contributed by atoms with E-state index < -0.39 is 0 Å². The molecule has 2 fully saturated rings. The third kappa shape index (κ3) is 2.69.